The van der Waals surface area contributed by atoms with Gasteiger partial charge in [-0.05, 0) is 100 Å². The lowest BCUT2D eigenvalue weighted by atomic mass is 9.88. The number of nitrogens with two attached hydrogens (primary N) is 1. The van der Waals surface area contributed by atoms with Crippen LogP contribution in [-0.4, -0.2) is 35.3 Å². The molecule has 35 heavy (non-hydrogen) atoms. The third-order valence-corrected chi connectivity index (χ3v) is 7.45. The maximum absolute atomic E-state index is 13.6. The lowest BCUT2D eigenvalue weighted by Crippen LogP contribution is -2.51. The molecule has 1 atom stereocenters. The number of nitrogens with one attached hydrogen (secondary N) is 3. The summed E-state index contributed by atoms with van der Waals surface area (Å²) in [6.07, 6.45) is 9.01. The Hall–Kier alpha value is -2.08. The van der Waals surface area contributed by atoms with Gasteiger partial charge in [0.2, 0.25) is 5.91 Å². The number of aryl methyl sites for hydroxylation is 1. The van der Waals surface area contributed by atoms with Gasteiger partial charge in [-0.3, -0.25) is 14.6 Å². The second-order valence-corrected chi connectivity index (χ2v) is 11.4. The first-order valence-electron chi connectivity index (χ1n) is 12.2. The molecule has 10 heteroatoms. The van der Waals surface area contributed by atoms with Gasteiger partial charge < -0.3 is 16.4 Å². The van der Waals surface area contributed by atoms with Crippen LogP contribution in [0.4, 0.5) is 5.69 Å². The molecule has 3 aliphatic carbocycles. The molecule has 0 heterocycles. The zero-order valence-electron chi connectivity index (χ0n) is 20.1. The number of aliphatic imine (C=N–C) groups is 1. The Morgan fingerprint density at radius 1 is 1.17 bits per heavy atom. The second kappa shape index (κ2) is 11.8. The van der Waals surface area contributed by atoms with E-state index in [9.17, 15) is 9.59 Å². The van der Waals surface area contributed by atoms with Crippen molar-refractivity contribution in [2.75, 3.05) is 5.32 Å². The monoisotopic (exact) mass is 608 g/mol. The van der Waals surface area contributed by atoms with Crippen molar-refractivity contribution in [3.8, 4) is 0 Å². The lowest BCUT2D eigenvalue weighted by molar-refractivity contribution is -0.124. The first kappa shape index (κ1) is 26.0. The Labute approximate surface area is 223 Å². The molecule has 3 aliphatic rings. The van der Waals surface area contributed by atoms with Crippen LogP contribution in [0.3, 0.4) is 0 Å². The van der Waals surface area contributed by atoms with Crippen molar-refractivity contribution in [1.82, 2.24) is 10.1 Å². The Morgan fingerprint density at radius 2 is 1.89 bits per heavy atom. The van der Waals surface area contributed by atoms with Gasteiger partial charge in [0.05, 0.1) is 5.71 Å². The summed E-state index contributed by atoms with van der Waals surface area (Å²) in [6.45, 7) is 3.81. The van der Waals surface area contributed by atoms with Gasteiger partial charge in [-0.15, -0.1) is 0 Å². The molecule has 0 aromatic heterocycles. The van der Waals surface area contributed by atoms with E-state index in [1.807, 2.05) is 32.0 Å². The predicted molar refractivity (Wildman–Crippen MR) is 151 cm³/mol. The van der Waals surface area contributed by atoms with Crippen molar-refractivity contribution in [1.29, 1.82) is 0 Å². The van der Waals surface area contributed by atoms with E-state index in [0.29, 0.717) is 11.8 Å². The third kappa shape index (κ3) is 6.78. The predicted octanol–water partition coefficient (Wildman–Crippen LogP) is 4.11. The molecule has 2 fully saturated rings. The summed E-state index contributed by atoms with van der Waals surface area (Å²) in [7, 11) is 1.43. The standard InChI is InChI=1S/C25H33IN6O2S/c1-14(2)28-21(11-12-27)24(33)30-23(22(15-3-4-15)16-5-6-16)25(34)29-18-8-9-19-17(13-18)7-10-20(19)31-32-35-26/h8-9,11-16,22-23,32H,3-7,10,27H2,1-2H3,(H,29,34)(H,30,33)/b12-11-,28-21?,31-20+. The summed E-state index contributed by atoms with van der Waals surface area (Å²) in [5, 5.41) is 10.6. The Kier molecular flexibility index (Phi) is 8.74. The molecule has 2 saturated carbocycles. The summed E-state index contributed by atoms with van der Waals surface area (Å²) in [5.74, 6) is 0.582. The highest BCUT2D eigenvalue weighted by Crippen LogP contribution is 2.50. The molecule has 0 saturated heterocycles. The van der Waals surface area contributed by atoms with Crippen LogP contribution in [0.2, 0.25) is 0 Å². The quantitative estimate of drug-likeness (QED) is 0.131. The molecular formula is C25H33IN6O2S. The maximum Gasteiger partial charge on any atom is 0.270 e. The number of hydrogen-bond donors (Lipinski definition) is 4. The molecule has 0 bridgehead atoms. The Bertz CT molecular complexity index is 1040. The normalized spacial score (nSPS) is 19.9. The van der Waals surface area contributed by atoms with Crippen LogP contribution in [0.1, 0.15) is 57.1 Å². The zero-order valence-corrected chi connectivity index (χ0v) is 23.1. The van der Waals surface area contributed by atoms with Crippen molar-refractivity contribution in [2.45, 2.75) is 64.5 Å². The van der Waals surface area contributed by atoms with Crippen LogP contribution in [0.15, 0.2) is 40.6 Å². The highest BCUT2D eigenvalue weighted by Gasteiger charge is 2.48. The molecule has 1 aromatic rings. The van der Waals surface area contributed by atoms with Crippen molar-refractivity contribution in [3.05, 3.63) is 41.6 Å². The fourth-order valence-corrected chi connectivity index (χ4v) is 5.39. The molecule has 2 amide bonds. The zero-order chi connectivity index (χ0) is 24.9. The van der Waals surface area contributed by atoms with Gasteiger partial charge in [-0.1, -0.05) is 6.07 Å². The van der Waals surface area contributed by atoms with E-state index in [2.05, 4.69) is 46.8 Å². The van der Waals surface area contributed by atoms with E-state index in [1.54, 1.807) is 0 Å². The van der Waals surface area contributed by atoms with Gasteiger partial charge >= 0.3 is 0 Å². The van der Waals surface area contributed by atoms with Crippen LogP contribution >= 0.6 is 30.3 Å². The van der Waals surface area contributed by atoms with Gasteiger partial charge in [0.15, 0.2) is 0 Å². The van der Waals surface area contributed by atoms with E-state index < -0.39 is 6.04 Å². The number of nitrogens with zero attached hydrogens (tertiary/aromatic N) is 2. The molecule has 1 aromatic carbocycles. The number of carbonyl (C=O) groups excluding carboxylic acids is 2. The number of rotatable bonds is 11. The number of carbonyl (C=O) groups is 2. The molecule has 0 aliphatic heterocycles. The summed E-state index contributed by atoms with van der Waals surface area (Å²) < 4.78 is 0. The summed E-state index contributed by atoms with van der Waals surface area (Å²) >= 11 is 2.15. The first-order valence-corrected chi connectivity index (χ1v) is 15.6. The third-order valence-electron chi connectivity index (χ3n) is 6.70. The molecule has 4 rings (SSSR count). The Morgan fingerprint density at radius 3 is 2.49 bits per heavy atom. The smallest absolute Gasteiger partial charge is 0.270 e. The minimum absolute atomic E-state index is 0.0626. The molecule has 1 unspecified atom stereocenters. The van der Waals surface area contributed by atoms with Gasteiger partial charge in [0.1, 0.15) is 11.8 Å². The maximum atomic E-state index is 13.6. The number of hydrogen-bond acceptors (Lipinski definition) is 7. The SMILES string of the molecule is CC(C)N=C(/C=C\N)C(=O)NC(C(=O)Nc1ccc2c(c1)CC/C2=N\NSI)C(C1CC1)C1CC1. The highest BCUT2D eigenvalue weighted by atomic mass is 127. The van der Waals surface area contributed by atoms with E-state index >= 15 is 0 Å². The number of anilines is 1. The molecule has 0 spiro atoms. The second-order valence-electron chi connectivity index (χ2n) is 9.76. The summed E-state index contributed by atoms with van der Waals surface area (Å²) in [5.41, 5.74) is 9.86. The molecule has 5 N–H and O–H groups in total. The van der Waals surface area contributed by atoms with Gasteiger partial charge in [-0.25, -0.2) is 4.83 Å². The van der Waals surface area contributed by atoms with E-state index in [-0.39, 0.29) is 29.5 Å². The average Bonchev–Trinajstić information content (AvgIpc) is 3.76. The van der Waals surface area contributed by atoms with Crippen LogP contribution < -0.4 is 21.2 Å². The van der Waals surface area contributed by atoms with Crippen molar-refractivity contribution in [2.24, 2.45) is 33.6 Å². The van der Waals surface area contributed by atoms with Crippen molar-refractivity contribution >= 4 is 59.2 Å². The Balaban J connectivity index is 1.54. The van der Waals surface area contributed by atoms with Crippen LogP contribution in [0, 0.1) is 17.8 Å². The molecular weight excluding hydrogens is 575 g/mol. The number of amides is 2. The summed E-state index contributed by atoms with van der Waals surface area (Å²) in [4.78, 5) is 34.1. The number of hydrazone groups is 1. The molecule has 0 radical (unpaired) electrons. The molecule has 8 nitrogen and oxygen atoms in total. The fraction of sp³-hybridized carbons (Fsp3) is 0.520. The van der Waals surface area contributed by atoms with Gasteiger partial charge in [0, 0.05) is 47.6 Å². The topological polar surface area (TPSA) is 121 Å². The summed E-state index contributed by atoms with van der Waals surface area (Å²) in [6, 6.07) is 5.29. The largest absolute Gasteiger partial charge is 0.405 e. The van der Waals surface area contributed by atoms with Crippen molar-refractivity contribution < 1.29 is 9.59 Å². The van der Waals surface area contributed by atoms with Gasteiger partial charge in [0.25, 0.3) is 5.91 Å². The minimum Gasteiger partial charge on any atom is -0.405 e. The van der Waals surface area contributed by atoms with Crippen molar-refractivity contribution in [3.63, 3.8) is 0 Å². The van der Waals surface area contributed by atoms with Gasteiger partial charge in [-0.2, -0.15) is 5.10 Å². The van der Waals surface area contributed by atoms with Crippen LogP contribution in [0.25, 0.3) is 0 Å². The molecule has 188 valence electrons. The number of halogens is 1. The number of fused-ring (bicyclic) bond motifs is 1. The lowest BCUT2D eigenvalue weighted by Gasteiger charge is -2.27. The fourth-order valence-electron chi connectivity index (χ4n) is 4.95. The number of benzene rings is 1. The van der Waals surface area contributed by atoms with E-state index in [0.717, 1.165) is 55.5 Å². The van der Waals surface area contributed by atoms with E-state index in [4.69, 9.17) is 5.73 Å². The minimum atomic E-state index is -0.610. The van der Waals surface area contributed by atoms with E-state index in [1.165, 1.54) is 27.0 Å². The average molecular weight is 609 g/mol. The highest BCUT2D eigenvalue weighted by molar-refractivity contribution is 14.2. The van der Waals surface area contributed by atoms with Crippen LogP contribution in [0.5, 0.6) is 0 Å². The van der Waals surface area contributed by atoms with Crippen LogP contribution in [-0.2, 0) is 16.0 Å². The first-order chi connectivity index (χ1) is 16.9.